The molecule has 2 unspecified atom stereocenters. The molecule has 1 fully saturated rings. The summed E-state index contributed by atoms with van der Waals surface area (Å²) < 4.78 is 1.35. The molecule has 0 radical (unpaired) electrons. The molecule has 0 saturated carbocycles. The quantitative estimate of drug-likeness (QED) is 0.599. The first-order chi connectivity index (χ1) is 5.09. The average Bonchev–Trinajstić information content (AvgIpc) is 1.85. The third-order valence-corrected chi connectivity index (χ3v) is 2.86. The summed E-state index contributed by atoms with van der Waals surface area (Å²) in [6.07, 6.45) is 1.39. The molecular weight excluding hydrogens is 201 g/mol. The van der Waals surface area contributed by atoms with Crippen LogP contribution in [0.25, 0.3) is 0 Å². The average molecular weight is 218 g/mol. The molecule has 0 amide bonds. The van der Waals surface area contributed by atoms with Crippen LogP contribution in [0.15, 0.2) is 0 Å². The van der Waals surface area contributed by atoms with Crippen LogP contribution in [0.1, 0.15) is 27.2 Å². The molecule has 0 aliphatic carbocycles. The third-order valence-electron chi connectivity index (χ3n) is 2.31. The minimum atomic E-state index is 0.863. The molecule has 1 aliphatic heterocycles. The van der Waals surface area contributed by atoms with E-state index in [1.807, 2.05) is 0 Å². The molecule has 1 heterocycles. The van der Waals surface area contributed by atoms with Crippen molar-refractivity contribution < 1.29 is 0 Å². The van der Waals surface area contributed by atoms with Gasteiger partial charge in [0.1, 0.15) is 0 Å². The van der Waals surface area contributed by atoms with Crippen molar-refractivity contribution in [2.45, 2.75) is 27.2 Å². The van der Waals surface area contributed by atoms with E-state index in [0.29, 0.717) is 0 Å². The Kier molecular flexibility index (Phi) is 3.15. The molecule has 0 aromatic carbocycles. The maximum absolute atomic E-state index is 3.09. The van der Waals surface area contributed by atoms with E-state index in [0.717, 1.165) is 11.8 Å². The number of hydrogen-bond acceptors (Lipinski definition) is 1. The zero-order chi connectivity index (χ0) is 8.43. The molecule has 2 heteroatoms. The fourth-order valence-corrected chi connectivity index (χ4v) is 2.23. The summed E-state index contributed by atoms with van der Waals surface area (Å²) in [6.45, 7) is 9.31. The van der Waals surface area contributed by atoms with Gasteiger partial charge in [0.15, 0.2) is 0 Å². The van der Waals surface area contributed by atoms with E-state index in [2.05, 4.69) is 41.2 Å². The van der Waals surface area contributed by atoms with Gasteiger partial charge in [0.05, 0.1) is 0 Å². The summed E-state index contributed by atoms with van der Waals surface area (Å²) in [5.74, 6) is 1.73. The third kappa shape index (κ3) is 2.61. The SMILES string of the molecule is CC(=[Se])N1CC(C)CC(C)C1. The molecular formula is C9H17NSe. The normalized spacial score (nSPS) is 32.1. The number of nitrogens with zero attached hydrogens (tertiary/aromatic N) is 1. The van der Waals surface area contributed by atoms with Gasteiger partial charge in [0, 0.05) is 0 Å². The van der Waals surface area contributed by atoms with E-state index in [1.165, 1.54) is 24.1 Å². The van der Waals surface area contributed by atoms with Crippen LogP contribution in [0.4, 0.5) is 0 Å². The van der Waals surface area contributed by atoms with E-state index in [1.54, 1.807) is 0 Å². The van der Waals surface area contributed by atoms with Crippen LogP contribution in [-0.4, -0.2) is 38.1 Å². The second kappa shape index (κ2) is 3.73. The van der Waals surface area contributed by atoms with Crippen LogP contribution in [0.3, 0.4) is 0 Å². The molecule has 11 heavy (non-hydrogen) atoms. The van der Waals surface area contributed by atoms with Gasteiger partial charge in [-0.2, -0.15) is 0 Å². The van der Waals surface area contributed by atoms with Crippen LogP contribution in [-0.2, 0) is 0 Å². The first-order valence-electron chi connectivity index (χ1n) is 4.35. The Hall–Kier alpha value is 0.189. The van der Waals surface area contributed by atoms with Gasteiger partial charge in [-0.05, 0) is 0 Å². The van der Waals surface area contributed by atoms with Crippen molar-refractivity contribution in [2.75, 3.05) is 13.1 Å². The molecule has 0 bridgehead atoms. The summed E-state index contributed by atoms with van der Waals surface area (Å²) in [5.41, 5.74) is 0. The van der Waals surface area contributed by atoms with Gasteiger partial charge in [-0.15, -0.1) is 0 Å². The standard InChI is InChI=1S/C9H17NSe/c1-7-4-8(2)6-10(5-7)9(3)11/h7-8H,4-6H2,1-3H3. The molecule has 1 aliphatic rings. The first-order valence-corrected chi connectivity index (χ1v) is 5.20. The van der Waals surface area contributed by atoms with Gasteiger partial charge >= 0.3 is 77.1 Å². The van der Waals surface area contributed by atoms with Gasteiger partial charge in [0.25, 0.3) is 0 Å². The predicted octanol–water partition coefficient (Wildman–Crippen LogP) is 1.28. The van der Waals surface area contributed by atoms with Crippen LogP contribution >= 0.6 is 0 Å². The zero-order valence-corrected chi connectivity index (χ0v) is 9.34. The van der Waals surface area contributed by atoms with Gasteiger partial charge in [0.2, 0.25) is 0 Å². The van der Waals surface area contributed by atoms with Crippen molar-refractivity contribution in [3.05, 3.63) is 0 Å². The van der Waals surface area contributed by atoms with E-state index in [-0.39, 0.29) is 0 Å². The minimum absolute atomic E-state index is 0.863. The molecule has 64 valence electrons. The summed E-state index contributed by atoms with van der Waals surface area (Å²) in [5, 5.41) is 0. The second-order valence-corrected chi connectivity index (χ2v) is 5.11. The Morgan fingerprint density at radius 3 is 2.09 bits per heavy atom. The number of rotatable bonds is 1. The molecule has 1 rings (SSSR count). The Balaban J connectivity index is 2.49. The topological polar surface area (TPSA) is 3.24 Å². The van der Waals surface area contributed by atoms with Crippen molar-refractivity contribution in [3.63, 3.8) is 0 Å². The summed E-state index contributed by atoms with van der Waals surface area (Å²) >= 11 is 3.09. The first kappa shape index (κ1) is 9.28. The Bertz CT molecular complexity index is 146. The van der Waals surface area contributed by atoms with Crippen LogP contribution < -0.4 is 0 Å². The molecule has 0 spiro atoms. The zero-order valence-electron chi connectivity index (χ0n) is 7.63. The summed E-state index contributed by atoms with van der Waals surface area (Å²) in [6, 6.07) is 0. The van der Waals surface area contributed by atoms with E-state index >= 15 is 0 Å². The van der Waals surface area contributed by atoms with Crippen LogP contribution in [0.5, 0.6) is 0 Å². The maximum atomic E-state index is 3.09. The monoisotopic (exact) mass is 219 g/mol. The van der Waals surface area contributed by atoms with Gasteiger partial charge in [-0.1, -0.05) is 0 Å². The molecule has 0 aromatic rings. The van der Waals surface area contributed by atoms with Crippen LogP contribution in [0, 0.1) is 11.8 Å². The molecule has 0 N–H and O–H groups in total. The van der Waals surface area contributed by atoms with E-state index in [4.69, 9.17) is 0 Å². The number of hydrogen-bond donors (Lipinski definition) is 0. The molecule has 1 nitrogen and oxygen atoms in total. The summed E-state index contributed by atoms with van der Waals surface area (Å²) in [4.78, 5) is 2.46. The molecule has 2 atom stereocenters. The second-order valence-electron chi connectivity index (χ2n) is 3.87. The van der Waals surface area contributed by atoms with Gasteiger partial charge in [-0.3, -0.25) is 0 Å². The van der Waals surface area contributed by atoms with Gasteiger partial charge < -0.3 is 0 Å². The Morgan fingerprint density at radius 1 is 1.27 bits per heavy atom. The van der Waals surface area contributed by atoms with E-state index < -0.39 is 0 Å². The predicted molar refractivity (Wildman–Crippen MR) is 51.0 cm³/mol. The Labute approximate surface area is 77.5 Å². The fourth-order valence-electron chi connectivity index (χ4n) is 1.92. The fraction of sp³-hybridized carbons (Fsp3) is 0.889. The van der Waals surface area contributed by atoms with Crippen molar-refractivity contribution in [2.24, 2.45) is 11.8 Å². The van der Waals surface area contributed by atoms with E-state index in [9.17, 15) is 0 Å². The molecule has 1 saturated heterocycles. The number of piperidine rings is 1. The molecule has 0 aromatic heterocycles. The Morgan fingerprint density at radius 2 is 1.73 bits per heavy atom. The van der Waals surface area contributed by atoms with Crippen molar-refractivity contribution in [1.82, 2.24) is 4.90 Å². The number of likely N-dealkylation sites (tertiary alicyclic amines) is 1. The van der Waals surface area contributed by atoms with Crippen molar-refractivity contribution in [3.8, 4) is 0 Å². The van der Waals surface area contributed by atoms with Crippen molar-refractivity contribution >= 4 is 20.1 Å². The summed E-state index contributed by atoms with van der Waals surface area (Å²) in [7, 11) is 0. The van der Waals surface area contributed by atoms with Crippen LogP contribution in [0.2, 0.25) is 0 Å². The van der Waals surface area contributed by atoms with Gasteiger partial charge in [-0.25, -0.2) is 0 Å². The van der Waals surface area contributed by atoms with Crippen molar-refractivity contribution in [1.29, 1.82) is 0 Å².